The van der Waals surface area contributed by atoms with E-state index < -0.39 is 0 Å². The van der Waals surface area contributed by atoms with Crippen LogP contribution in [0.15, 0.2) is 48.8 Å². The maximum atomic E-state index is 5.92. The Morgan fingerprint density at radius 3 is 2.62 bits per heavy atom. The van der Waals surface area contributed by atoms with Crippen molar-refractivity contribution in [1.29, 1.82) is 0 Å². The number of hydrogen-bond donors (Lipinski definition) is 0. The fraction of sp³-hybridized carbons (Fsp3) is 0.300. The fourth-order valence-electron chi connectivity index (χ4n) is 3.27. The Balaban J connectivity index is 1.63. The van der Waals surface area contributed by atoms with E-state index >= 15 is 0 Å². The lowest BCUT2D eigenvalue weighted by Crippen LogP contribution is -2.18. The van der Waals surface area contributed by atoms with E-state index in [1.807, 2.05) is 24.3 Å². The topological polar surface area (TPSA) is 38.2 Å². The maximum Gasteiger partial charge on any atom is 0.122 e. The molecule has 0 bridgehead atoms. The normalized spacial score (nSPS) is 14.3. The largest absolute Gasteiger partial charge is 0.489 e. The summed E-state index contributed by atoms with van der Waals surface area (Å²) in [6.45, 7) is 4.88. The smallest absolute Gasteiger partial charge is 0.122 e. The summed E-state index contributed by atoms with van der Waals surface area (Å²) in [5.74, 6) is 0.852. The number of nitrogens with zero attached hydrogens (tertiary/aromatic N) is 3. The molecule has 0 radical (unpaired) electrons. The number of pyridine rings is 2. The third-order valence-electron chi connectivity index (χ3n) is 4.49. The van der Waals surface area contributed by atoms with E-state index in [9.17, 15) is 0 Å². The zero-order valence-electron chi connectivity index (χ0n) is 13.9. The minimum absolute atomic E-state index is 0.541. The van der Waals surface area contributed by atoms with E-state index in [0.29, 0.717) is 6.61 Å². The molecule has 4 rings (SSSR count). The third-order valence-corrected chi connectivity index (χ3v) is 4.49. The van der Waals surface area contributed by atoms with Gasteiger partial charge in [0.05, 0.1) is 5.52 Å². The molecule has 0 aliphatic carbocycles. The van der Waals surface area contributed by atoms with E-state index in [0.717, 1.165) is 35.6 Å². The van der Waals surface area contributed by atoms with Crippen LogP contribution in [-0.2, 0) is 6.61 Å². The first kappa shape index (κ1) is 14.9. The van der Waals surface area contributed by atoms with Crippen LogP contribution < -0.4 is 9.64 Å². The summed E-state index contributed by atoms with van der Waals surface area (Å²) in [4.78, 5) is 11.2. The molecule has 122 valence electrons. The second-order valence-corrected chi connectivity index (χ2v) is 6.30. The number of benzene rings is 1. The molecule has 0 spiro atoms. The summed E-state index contributed by atoms with van der Waals surface area (Å²) < 4.78 is 5.92. The molecule has 1 aliphatic rings. The predicted molar refractivity (Wildman–Crippen MR) is 96.5 cm³/mol. The van der Waals surface area contributed by atoms with Gasteiger partial charge in [0.15, 0.2) is 0 Å². The first-order chi connectivity index (χ1) is 11.8. The molecule has 2 aromatic heterocycles. The van der Waals surface area contributed by atoms with Crippen molar-refractivity contribution in [3.63, 3.8) is 0 Å². The average molecular weight is 319 g/mol. The second kappa shape index (κ2) is 6.48. The van der Waals surface area contributed by atoms with Gasteiger partial charge in [-0.05, 0) is 55.7 Å². The van der Waals surface area contributed by atoms with Crippen LogP contribution in [0.1, 0.15) is 24.1 Å². The van der Waals surface area contributed by atoms with Crippen LogP contribution in [0.25, 0.3) is 10.9 Å². The van der Waals surface area contributed by atoms with Crippen molar-refractivity contribution in [2.45, 2.75) is 26.4 Å². The van der Waals surface area contributed by atoms with Crippen molar-refractivity contribution < 1.29 is 4.74 Å². The summed E-state index contributed by atoms with van der Waals surface area (Å²) in [5.41, 5.74) is 4.47. The Morgan fingerprint density at radius 1 is 1.04 bits per heavy atom. The zero-order valence-corrected chi connectivity index (χ0v) is 13.9. The van der Waals surface area contributed by atoms with Gasteiger partial charge in [-0.25, -0.2) is 0 Å². The second-order valence-electron chi connectivity index (χ2n) is 6.30. The molecule has 0 saturated carbocycles. The van der Waals surface area contributed by atoms with Crippen molar-refractivity contribution in [3.05, 3.63) is 60.0 Å². The highest BCUT2D eigenvalue weighted by molar-refractivity contribution is 5.93. The van der Waals surface area contributed by atoms with Gasteiger partial charge in [-0.1, -0.05) is 0 Å². The molecule has 4 heteroatoms. The number of aromatic nitrogens is 2. The summed E-state index contributed by atoms with van der Waals surface area (Å²) in [5, 5.41) is 1.21. The lowest BCUT2D eigenvalue weighted by molar-refractivity contribution is 0.306. The maximum absolute atomic E-state index is 5.92. The van der Waals surface area contributed by atoms with Gasteiger partial charge in [0, 0.05) is 48.3 Å². The van der Waals surface area contributed by atoms with Crippen molar-refractivity contribution in [2.24, 2.45) is 0 Å². The highest BCUT2D eigenvalue weighted by Gasteiger charge is 2.16. The standard InChI is InChI=1S/C20H21N3O/c1-15-12-20(23-10-2-3-11-23)18-5-4-17(13-19(18)22-15)24-14-16-6-8-21-9-7-16/h4-9,12-13H,2-3,10-11,14H2,1H3. The lowest BCUT2D eigenvalue weighted by atomic mass is 10.1. The summed E-state index contributed by atoms with van der Waals surface area (Å²) in [6.07, 6.45) is 6.12. The minimum Gasteiger partial charge on any atom is -0.489 e. The Labute approximate surface area is 142 Å². The molecule has 1 fully saturated rings. The fourth-order valence-corrected chi connectivity index (χ4v) is 3.27. The predicted octanol–water partition coefficient (Wildman–Crippen LogP) is 4.12. The zero-order chi connectivity index (χ0) is 16.4. The van der Waals surface area contributed by atoms with Crippen LogP contribution in [0.4, 0.5) is 5.69 Å². The quantitative estimate of drug-likeness (QED) is 0.725. The van der Waals surface area contributed by atoms with Crippen molar-refractivity contribution >= 4 is 16.6 Å². The number of fused-ring (bicyclic) bond motifs is 1. The van der Waals surface area contributed by atoms with Gasteiger partial charge < -0.3 is 9.64 Å². The first-order valence-electron chi connectivity index (χ1n) is 8.48. The molecule has 1 saturated heterocycles. The van der Waals surface area contributed by atoms with Crippen LogP contribution in [0.3, 0.4) is 0 Å². The van der Waals surface area contributed by atoms with Crippen LogP contribution in [0, 0.1) is 6.92 Å². The number of ether oxygens (including phenoxy) is 1. The molecular formula is C20H21N3O. The molecule has 24 heavy (non-hydrogen) atoms. The first-order valence-corrected chi connectivity index (χ1v) is 8.48. The Kier molecular flexibility index (Phi) is 4.03. The molecule has 0 atom stereocenters. The monoisotopic (exact) mass is 319 g/mol. The van der Waals surface area contributed by atoms with Gasteiger partial charge in [0.2, 0.25) is 0 Å². The van der Waals surface area contributed by atoms with Crippen molar-refractivity contribution in [1.82, 2.24) is 9.97 Å². The molecule has 0 amide bonds. The van der Waals surface area contributed by atoms with Gasteiger partial charge >= 0.3 is 0 Å². The molecule has 4 nitrogen and oxygen atoms in total. The van der Waals surface area contributed by atoms with Gasteiger partial charge in [-0.15, -0.1) is 0 Å². The Hall–Kier alpha value is -2.62. The van der Waals surface area contributed by atoms with Crippen molar-refractivity contribution in [2.75, 3.05) is 18.0 Å². The molecule has 3 aromatic rings. The van der Waals surface area contributed by atoms with Gasteiger partial charge in [0.25, 0.3) is 0 Å². The highest BCUT2D eigenvalue weighted by Crippen LogP contribution is 2.31. The van der Waals surface area contributed by atoms with E-state index in [1.54, 1.807) is 12.4 Å². The van der Waals surface area contributed by atoms with Gasteiger partial charge in [-0.2, -0.15) is 0 Å². The van der Waals surface area contributed by atoms with E-state index in [1.165, 1.54) is 23.9 Å². The highest BCUT2D eigenvalue weighted by atomic mass is 16.5. The molecule has 1 aromatic carbocycles. The van der Waals surface area contributed by atoms with Crippen LogP contribution in [-0.4, -0.2) is 23.1 Å². The Morgan fingerprint density at radius 2 is 1.83 bits per heavy atom. The lowest BCUT2D eigenvalue weighted by Gasteiger charge is -2.20. The number of anilines is 1. The minimum atomic E-state index is 0.541. The van der Waals surface area contributed by atoms with Gasteiger partial charge in [0.1, 0.15) is 12.4 Å². The number of aryl methyl sites for hydroxylation is 1. The Bertz CT molecular complexity index is 842. The number of rotatable bonds is 4. The van der Waals surface area contributed by atoms with Crippen LogP contribution in [0.2, 0.25) is 0 Å². The van der Waals surface area contributed by atoms with Crippen LogP contribution >= 0.6 is 0 Å². The molecule has 0 N–H and O–H groups in total. The number of hydrogen-bond acceptors (Lipinski definition) is 4. The van der Waals surface area contributed by atoms with E-state index in [-0.39, 0.29) is 0 Å². The summed E-state index contributed by atoms with van der Waals surface area (Å²) in [7, 11) is 0. The SMILES string of the molecule is Cc1cc(N2CCCC2)c2ccc(OCc3ccncc3)cc2n1. The summed E-state index contributed by atoms with van der Waals surface area (Å²) >= 11 is 0. The summed E-state index contributed by atoms with van der Waals surface area (Å²) in [6, 6.07) is 12.4. The van der Waals surface area contributed by atoms with Crippen molar-refractivity contribution in [3.8, 4) is 5.75 Å². The average Bonchev–Trinajstić information content (AvgIpc) is 3.14. The molecule has 0 unspecified atom stereocenters. The molecule has 1 aliphatic heterocycles. The molecular weight excluding hydrogens is 298 g/mol. The van der Waals surface area contributed by atoms with Gasteiger partial charge in [-0.3, -0.25) is 9.97 Å². The third kappa shape index (κ3) is 3.04. The van der Waals surface area contributed by atoms with E-state index in [4.69, 9.17) is 9.72 Å². The van der Waals surface area contributed by atoms with E-state index in [2.05, 4.69) is 28.9 Å². The van der Waals surface area contributed by atoms with Crippen LogP contribution in [0.5, 0.6) is 5.75 Å². The molecule has 3 heterocycles.